The summed E-state index contributed by atoms with van der Waals surface area (Å²) < 4.78 is 13.3. The molecule has 2 rings (SSSR count). The zero-order chi connectivity index (χ0) is 13.1. The number of nitrogens with one attached hydrogen (secondary N) is 1. The Labute approximate surface area is 107 Å². The molecule has 0 fully saturated rings. The van der Waals surface area contributed by atoms with Gasteiger partial charge in [-0.15, -0.1) is 0 Å². The second kappa shape index (κ2) is 5.14. The van der Waals surface area contributed by atoms with Crippen molar-refractivity contribution < 1.29 is 9.31 Å². The normalized spacial score (nSPS) is 10.3. The lowest BCUT2D eigenvalue weighted by atomic mass is 10.2. The van der Waals surface area contributed by atoms with Crippen LogP contribution in [-0.2, 0) is 6.54 Å². The quantitative estimate of drug-likeness (QED) is 0.678. The summed E-state index contributed by atoms with van der Waals surface area (Å²) in [6, 6.07) is 6.39. The Kier molecular flexibility index (Phi) is 3.57. The van der Waals surface area contributed by atoms with Gasteiger partial charge in [0, 0.05) is 23.7 Å². The molecule has 0 saturated carbocycles. The van der Waals surface area contributed by atoms with Crippen molar-refractivity contribution in [3.8, 4) is 0 Å². The van der Waals surface area contributed by atoms with E-state index < -0.39 is 4.92 Å². The Morgan fingerprint density at radius 3 is 2.83 bits per heavy atom. The van der Waals surface area contributed by atoms with Gasteiger partial charge >= 0.3 is 5.00 Å². The van der Waals surface area contributed by atoms with E-state index in [0.717, 1.165) is 16.9 Å². The highest BCUT2D eigenvalue weighted by Crippen LogP contribution is 2.23. The maximum absolute atomic E-state index is 13.3. The number of hydrogen-bond acceptors (Lipinski definition) is 4. The highest BCUT2D eigenvalue weighted by molar-refractivity contribution is 7.13. The summed E-state index contributed by atoms with van der Waals surface area (Å²) in [5, 5.41) is 15.4. The van der Waals surface area contributed by atoms with Crippen molar-refractivity contribution in [2.24, 2.45) is 0 Å². The minimum atomic E-state index is -0.417. The first-order valence-corrected chi connectivity index (χ1v) is 6.16. The summed E-state index contributed by atoms with van der Waals surface area (Å²) in [5.41, 5.74) is 2.06. The van der Waals surface area contributed by atoms with Crippen LogP contribution in [0.25, 0.3) is 0 Å². The van der Waals surface area contributed by atoms with Crippen LogP contribution < -0.4 is 5.32 Å². The van der Waals surface area contributed by atoms with E-state index in [1.54, 1.807) is 24.4 Å². The molecular formula is C12H11FN2O2S. The highest BCUT2D eigenvalue weighted by atomic mass is 32.1. The molecule has 6 heteroatoms. The molecular weight excluding hydrogens is 255 g/mol. The van der Waals surface area contributed by atoms with Crippen molar-refractivity contribution in [3.05, 3.63) is 56.7 Å². The molecule has 0 amide bonds. The minimum absolute atomic E-state index is 0.113. The first-order chi connectivity index (χ1) is 8.56. The van der Waals surface area contributed by atoms with Gasteiger partial charge in [0.05, 0.1) is 4.92 Å². The third-order valence-corrected chi connectivity index (χ3v) is 3.42. The number of thiophene rings is 1. The number of anilines is 1. The second-order valence-electron chi connectivity index (χ2n) is 3.87. The molecule has 94 valence electrons. The van der Waals surface area contributed by atoms with E-state index in [4.69, 9.17) is 0 Å². The first kappa shape index (κ1) is 12.5. The number of hydrogen-bond donors (Lipinski definition) is 1. The third kappa shape index (κ3) is 2.84. The zero-order valence-corrected chi connectivity index (χ0v) is 10.5. The van der Waals surface area contributed by atoms with Crippen molar-refractivity contribution >= 4 is 22.0 Å². The van der Waals surface area contributed by atoms with Gasteiger partial charge in [0.2, 0.25) is 0 Å². The van der Waals surface area contributed by atoms with Crippen molar-refractivity contribution in [2.45, 2.75) is 13.5 Å². The van der Waals surface area contributed by atoms with Gasteiger partial charge in [0.25, 0.3) is 0 Å². The van der Waals surface area contributed by atoms with E-state index in [1.807, 2.05) is 0 Å². The molecule has 2 aromatic rings. The first-order valence-electron chi connectivity index (χ1n) is 5.28. The van der Waals surface area contributed by atoms with Gasteiger partial charge in [-0.1, -0.05) is 17.4 Å². The summed E-state index contributed by atoms with van der Waals surface area (Å²) in [4.78, 5) is 10.1. The van der Waals surface area contributed by atoms with Gasteiger partial charge in [-0.25, -0.2) is 4.39 Å². The van der Waals surface area contributed by atoms with Gasteiger partial charge in [-0.05, 0) is 30.2 Å². The van der Waals surface area contributed by atoms with Crippen LogP contribution in [0.2, 0.25) is 0 Å². The maximum Gasteiger partial charge on any atom is 0.324 e. The Hall–Kier alpha value is -1.95. The van der Waals surface area contributed by atoms with E-state index in [0.29, 0.717) is 17.8 Å². The number of nitrogens with zero attached hydrogens (tertiary/aromatic N) is 1. The number of halogens is 1. The molecule has 1 heterocycles. The van der Waals surface area contributed by atoms with Crippen molar-refractivity contribution in [2.75, 3.05) is 5.32 Å². The van der Waals surface area contributed by atoms with Crippen molar-refractivity contribution in [3.63, 3.8) is 0 Å². The standard InChI is InChI=1S/C12H11FN2O2S/c1-8-2-3-10(5-11(8)13)14-6-9-4-12(15(16)17)18-7-9/h2-5,7,14H,6H2,1H3. The fourth-order valence-electron chi connectivity index (χ4n) is 1.46. The van der Waals surface area contributed by atoms with Crippen LogP contribution in [0.3, 0.4) is 0 Å². The molecule has 18 heavy (non-hydrogen) atoms. The summed E-state index contributed by atoms with van der Waals surface area (Å²) in [7, 11) is 0. The average molecular weight is 266 g/mol. The monoisotopic (exact) mass is 266 g/mol. The molecule has 0 atom stereocenters. The molecule has 4 nitrogen and oxygen atoms in total. The zero-order valence-electron chi connectivity index (χ0n) is 9.64. The lowest BCUT2D eigenvalue weighted by Gasteiger charge is -2.05. The molecule has 0 aliphatic carbocycles. The number of rotatable bonds is 4. The van der Waals surface area contributed by atoms with Crippen LogP contribution in [-0.4, -0.2) is 4.92 Å². The fraction of sp³-hybridized carbons (Fsp3) is 0.167. The Balaban J connectivity index is 2.02. The van der Waals surface area contributed by atoms with Gasteiger partial charge in [0.15, 0.2) is 0 Å². The van der Waals surface area contributed by atoms with Gasteiger partial charge in [-0.3, -0.25) is 10.1 Å². The second-order valence-corrected chi connectivity index (χ2v) is 4.76. The molecule has 0 unspecified atom stereocenters. The Morgan fingerprint density at radius 1 is 1.44 bits per heavy atom. The van der Waals surface area contributed by atoms with Crippen LogP contribution in [0.5, 0.6) is 0 Å². The predicted octanol–water partition coefficient (Wildman–Crippen LogP) is 3.72. The van der Waals surface area contributed by atoms with E-state index in [2.05, 4.69) is 5.32 Å². The smallest absolute Gasteiger partial charge is 0.324 e. The van der Waals surface area contributed by atoms with Crippen molar-refractivity contribution in [1.29, 1.82) is 0 Å². The molecule has 0 radical (unpaired) electrons. The third-order valence-electron chi connectivity index (χ3n) is 2.49. The molecule has 0 bridgehead atoms. The van der Waals surface area contributed by atoms with Gasteiger partial charge in [-0.2, -0.15) is 0 Å². The average Bonchev–Trinajstić information content (AvgIpc) is 2.79. The predicted molar refractivity (Wildman–Crippen MR) is 69.4 cm³/mol. The summed E-state index contributed by atoms with van der Waals surface area (Å²) in [6.45, 7) is 2.13. The number of aryl methyl sites for hydroxylation is 1. The molecule has 1 aromatic carbocycles. The van der Waals surface area contributed by atoms with Gasteiger partial charge < -0.3 is 5.32 Å². The highest BCUT2D eigenvalue weighted by Gasteiger charge is 2.09. The molecule has 1 N–H and O–H groups in total. The van der Waals surface area contributed by atoms with E-state index in [9.17, 15) is 14.5 Å². The number of benzene rings is 1. The molecule has 0 spiro atoms. The maximum atomic E-state index is 13.3. The SMILES string of the molecule is Cc1ccc(NCc2csc([N+](=O)[O-])c2)cc1F. The topological polar surface area (TPSA) is 55.2 Å². The van der Waals surface area contributed by atoms with E-state index in [-0.39, 0.29) is 10.8 Å². The summed E-state index contributed by atoms with van der Waals surface area (Å²) in [5.74, 6) is -0.267. The molecule has 0 aliphatic rings. The Bertz CT molecular complexity index is 583. The van der Waals surface area contributed by atoms with Crippen LogP contribution in [0.15, 0.2) is 29.6 Å². The van der Waals surface area contributed by atoms with Crippen LogP contribution in [0.4, 0.5) is 15.1 Å². The van der Waals surface area contributed by atoms with E-state index in [1.165, 1.54) is 12.1 Å². The van der Waals surface area contributed by atoms with Crippen molar-refractivity contribution in [1.82, 2.24) is 0 Å². The minimum Gasteiger partial charge on any atom is -0.381 e. The summed E-state index contributed by atoms with van der Waals surface area (Å²) in [6.07, 6.45) is 0. The summed E-state index contributed by atoms with van der Waals surface area (Å²) >= 11 is 1.09. The lowest BCUT2D eigenvalue weighted by molar-refractivity contribution is -0.380. The molecule has 0 aliphatic heterocycles. The van der Waals surface area contributed by atoms with Crippen LogP contribution in [0, 0.1) is 22.9 Å². The molecule has 1 aromatic heterocycles. The fourth-order valence-corrected chi connectivity index (χ4v) is 2.19. The lowest BCUT2D eigenvalue weighted by Crippen LogP contribution is -1.98. The Morgan fingerprint density at radius 2 is 2.22 bits per heavy atom. The van der Waals surface area contributed by atoms with Crippen LogP contribution >= 0.6 is 11.3 Å². The van der Waals surface area contributed by atoms with Gasteiger partial charge in [0.1, 0.15) is 5.82 Å². The number of nitro groups is 1. The molecule has 0 saturated heterocycles. The van der Waals surface area contributed by atoms with Crippen LogP contribution in [0.1, 0.15) is 11.1 Å². The largest absolute Gasteiger partial charge is 0.381 e. The van der Waals surface area contributed by atoms with E-state index >= 15 is 0 Å².